The molecule has 1 aromatic rings. The Hall–Kier alpha value is -0.860. The molecule has 1 heterocycles. The Labute approximate surface area is 188 Å². The van der Waals surface area contributed by atoms with Crippen molar-refractivity contribution in [2.24, 2.45) is 10.9 Å². The molecular formula is C22H39IN4O. The van der Waals surface area contributed by atoms with Crippen LogP contribution >= 0.6 is 24.0 Å². The number of hydrogen-bond donors (Lipinski definition) is 3. The molecule has 1 unspecified atom stereocenters. The van der Waals surface area contributed by atoms with Crippen molar-refractivity contribution in [3.63, 3.8) is 0 Å². The molecule has 3 N–H and O–H groups in total. The van der Waals surface area contributed by atoms with Crippen LogP contribution in [0.3, 0.4) is 0 Å². The van der Waals surface area contributed by atoms with Crippen molar-refractivity contribution in [3.05, 3.63) is 35.9 Å². The van der Waals surface area contributed by atoms with Crippen LogP contribution in [-0.2, 0) is 5.60 Å². The summed E-state index contributed by atoms with van der Waals surface area (Å²) in [7, 11) is 0. The predicted molar refractivity (Wildman–Crippen MR) is 129 cm³/mol. The smallest absolute Gasteiger partial charge is 0.191 e. The Balaban J connectivity index is 0.00000392. The number of benzene rings is 1. The normalized spacial score (nSPS) is 18.2. The maximum absolute atomic E-state index is 10.7. The molecule has 0 saturated carbocycles. The highest BCUT2D eigenvalue weighted by Gasteiger charge is 2.22. The van der Waals surface area contributed by atoms with Crippen LogP contribution in [0.5, 0.6) is 0 Å². The molecule has 0 amide bonds. The van der Waals surface area contributed by atoms with Crippen LogP contribution < -0.4 is 10.6 Å². The van der Waals surface area contributed by atoms with Gasteiger partial charge >= 0.3 is 0 Å². The standard InChI is InChI=1S/C22H38N4O.HI/c1-4-23-21(25-18-22(3,27)20-10-6-5-7-11-20)24-14-8-9-15-26-16-12-19(2)13-17-26;/h5-7,10-11,19,27H,4,8-9,12-18H2,1-3H3,(H2,23,24,25);1H. The molecule has 0 aliphatic carbocycles. The van der Waals surface area contributed by atoms with Gasteiger partial charge in [-0.2, -0.15) is 0 Å². The number of unbranched alkanes of at least 4 members (excludes halogenated alkanes) is 1. The summed E-state index contributed by atoms with van der Waals surface area (Å²) in [6.07, 6.45) is 5.03. The minimum atomic E-state index is -0.963. The van der Waals surface area contributed by atoms with Crippen molar-refractivity contribution in [1.29, 1.82) is 0 Å². The van der Waals surface area contributed by atoms with E-state index in [9.17, 15) is 5.11 Å². The molecule has 1 aromatic carbocycles. The van der Waals surface area contributed by atoms with E-state index in [1.54, 1.807) is 0 Å². The summed E-state index contributed by atoms with van der Waals surface area (Å²) in [5, 5.41) is 17.4. The van der Waals surface area contributed by atoms with E-state index in [0.29, 0.717) is 6.54 Å². The highest BCUT2D eigenvalue weighted by molar-refractivity contribution is 14.0. The molecule has 160 valence electrons. The highest BCUT2D eigenvalue weighted by atomic mass is 127. The number of nitrogens with zero attached hydrogens (tertiary/aromatic N) is 2. The highest BCUT2D eigenvalue weighted by Crippen LogP contribution is 2.20. The number of guanidine groups is 1. The van der Waals surface area contributed by atoms with Gasteiger partial charge in [0.05, 0.1) is 6.54 Å². The average Bonchev–Trinajstić information content (AvgIpc) is 2.68. The molecule has 1 aliphatic rings. The third-order valence-corrected chi connectivity index (χ3v) is 5.35. The predicted octanol–water partition coefficient (Wildman–Crippen LogP) is 3.58. The van der Waals surface area contributed by atoms with Crippen LogP contribution in [0.1, 0.15) is 52.0 Å². The van der Waals surface area contributed by atoms with E-state index in [1.165, 1.54) is 38.9 Å². The second-order valence-electron chi connectivity index (χ2n) is 7.99. The first kappa shape index (κ1) is 25.2. The SMILES string of the molecule is CCNC(=NCC(C)(O)c1ccccc1)NCCCCN1CCC(C)CC1.I. The fraction of sp³-hybridized carbons (Fsp3) is 0.682. The first-order valence-electron chi connectivity index (χ1n) is 10.5. The van der Waals surface area contributed by atoms with Crippen molar-refractivity contribution < 1.29 is 5.11 Å². The van der Waals surface area contributed by atoms with Gasteiger partial charge in [-0.15, -0.1) is 24.0 Å². The Bertz CT molecular complexity index is 557. The minimum absolute atomic E-state index is 0. The topological polar surface area (TPSA) is 59.9 Å². The van der Waals surface area contributed by atoms with E-state index in [-0.39, 0.29) is 24.0 Å². The third kappa shape index (κ3) is 9.09. The third-order valence-electron chi connectivity index (χ3n) is 5.35. The first-order valence-corrected chi connectivity index (χ1v) is 10.5. The molecule has 0 bridgehead atoms. The second kappa shape index (κ2) is 13.4. The lowest BCUT2D eigenvalue weighted by atomic mass is 9.96. The molecule has 0 spiro atoms. The van der Waals surface area contributed by atoms with E-state index in [2.05, 4.69) is 34.4 Å². The quantitative estimate of drug-likeness (QED) is 0.209. The molecule has 1 atom stereocenters. The fourth-order valence-electron chi connectivity index (χ4n) is 3.42. The Kier molecular flexibility index (Phi) is 12.0. The fourth-order valence-corrected chi connectivity index (χ4v) is 3.42. The number of likely N-dealkylation sites (tertiary alicyclic amines) is 1. The van der Waals surface area contributed by atoms with E-state index in [4.69, 9.17) is 0 Å². The molecular weight excluding hydrogens is 463 g/mol. The van der Waals surface area contributed by atoms with Gasteiger partial charge in [0.1, 0.15) is 5.60 Å². The number of aliphatic imine (C=N–C) groups is 1. The number of hydrogen-bond acceptors (Lipinski definition) is 3. The summed E-state index contributed by atoms with van der Waals surface area (Å²) in [6.45, 7) is 12.0. The van der Waals surface area contributed by atoms with Crippen LogP contribution in [0.15, 0.2) is 35.3 Å². The van der Waals surface area contributed by atoms with Gasteiger partial charge in [0.25, 0.3) is 0 Å². The van der Waals surface area contributed by atoms with Gasteiger partial charge in [0.15, 0.2) is 5.96 Å². The number of rotatable bonds is 9. The lowest BCUT2D eigenvalue weighted by Crippen LogP contribution is -2.39. The van der Waals surface area contributed by atoms with Crippen LogP contribution in [0.25, 0.3) is 0 Å². The van der Waals surface area contributed by atoms with Crippen molar-refractivity contribution in [3.8, 4) is 0 Å². The molecule has 0 radical (unpaired) electrons. The van der Waals surface area contributed by atoms with Gasteiger partial charge < -0.3 is 20.6 Å². The average molecular weight is 502 g/mol. The van der Waals surface area contributed by atoms with Crippen LogP contribution in [0, 0.1) is 5.92 Å². The molecule has 0 aromatic heterocycles. The summed E-state index contributed by atoms with van der Waals surface area (Å²) in [5.41, 5.74) is -0.0740. The zero-order chi connectivity index (χ0) is 19.5. The Morgan fingerprint density at radius 3 is 2.50 bits per heavy atom. The van der Waals surface area contributed by atoms with E-state index >= 15 is 0 Å². The zero-order valence-electron chi connectivity index (χ0n) is 17.8. The molecule has 1 aliphatic heterocycles. The van der Waals surface area contributed by atoms with Gasteiger partial charge in [0.2, 0.25) is 0 Å². The van der Waals surface area contributed by atoms with Crippen LogP contribution in [0.4, 0.5) is 0 Å². The van der Waals surface area contributed by atoms with Crippen molar-refractivity contribution in [2.75, 3.05) is 39.3 Å². The number of nitrogens with one attached hydrogen (secondary N) is 2. The molecule has 2 rings (SSSR count). The van der Waals surface area contributed by atoms with E-state index in [1.807, 2.05) is 37.3 Å². The monoisotopic (exact) mass is 502 g/mol. The number of aliphatic hydroxyl groups is 1. The second-order valence-corrected chi connectivity index (χ2v) is 7.99. The molecule has 28 heavy (non-hydrogen) atoms. The molecule has 5 nitrogen and oxygen atoms in total. The Morgan fingerprint density at radius 2 is 1.86 bits per heavy atom. The van der Waals surface area contributed by atoms with Gasteiger partial charge in [-0.1, -0.05) is 37.3 Å². The number of piperidine rings is 1. The summed E-state index contributed by atoms with van der Waals surface area (Å²) in [6, 6.07) is 9.73. The Morgan fingerprint density at radius 1 is 1.18 bits per heavy atom. The first-order chi connectivity index (χ1) is 13.0. The van der Waals surface area contributed by atoms with Crippen LogP contribution in [-0.4, -0.2) is 55.2 Å². The van der Waals surface area contributed by atoms with Crippen molar-refractivity contribution in [2.45, 2.75) is 52.1 Å². The van der Waals surface area contributed by atoms with Crippen LogP contribution in [0.2, 0.25) is 0 Å². The van der Waals surface area contributed by atoms with Gasteiger partial charge in [-0.3, -0.25) is 0 Å². The largest absolute Gasteiger partial charge is 0.384 e. The molecule has 1 fully saturated rings. The van der Waals surface area contributed by atoms with Gasteiger partial charge in [0, 0.05) is 13.1 Å². The van der Waals surface area contributed by atoms with Crippen molar-refractivity contribution >= 4 is 29.9 Å². The maximum Gasteiger partial charge on any atom is 0.191 e. The lowest BCUT2D eigenvalue weighted by molar-refractivity contribution is 0.0672. The minimum Gasteiger partial charge on any atom is -0.384 e. The van der Waals surface area contributed by atoms with E-state index in [0.717, 1.165) is 37.0 Å². The van der Waals surface area contributed by atoms with Gasteiger partial charge in [-0.25, -0.2) is 4.99 Å². The summed E-state index contributed by atoms with van der Waals surface area (Å²) in [4.78, 5) is 7.18. The summed E-state index contributed by atoms with van der Waals surface area (Å²) >= 11 is 0. The van der Waals surface area contributed by atoms with E-state index < -0.39 is 5.60 Å². The lowest BCUT2D eigenvalue weighted by Gasteiger charge is -2.30. The maximum atomic E-state index is 10.7. The van der Waals surface area contributed by atoms with Gasteiger partial charge in [-0.05, 0) is 70.6 Å². The van der Waals surface area contributed by atoms with Crippen molar-refractivity contribution in [1.82, 2.24) is 15.5 Å². The molecule has 6 heteroatoms. The summed E-state index contributed by atoms with van der Waals surface area (Å²) < 4.78 is 0. The molecule has 1 saturated heterocycles. The summed E-state index contributed by atoms with van der Waals surface area (Å²) in [5.74, 6) is 1.68. The number of halogens is 1. The zero-order valence-corrected chi connectivity index (χ0v) is 20.1.